The van der Waals surface area contributed by atoms with Crippen molar-refractivity contribution in [2.45, 2.75) is 6.61 Å². The third kappa shape index (κ3) is 4.86. The van der Waals surface area contributed by atoms with E-state index in [-0.39, 0.29) is 5.91 Å². The van der Waals surface area contributed by atoms with Crippen LogP contribution < -0.4 is 15.0 Å². The number of benzene rings is 2. The van der Waals surface area contributed by atoms with E-state index in [1.165, 1.54) is 7.11 Å². The molecular formula is C18H19NO4. The molecule has 2 aromatic carbocycles. The summed E-state index contributed by atoms with van der Waals surface area (Å²) in [5, 5.41) is 0. The molecule has 0 heterocycles. The maximum Gasteiger partial charge on any atom is 0.274 e. The number of carbonyl (C=O) groups excluding carboxylic acids is 1. The standard InChI is InChI=1S/C18H19NO4/c1-3-11-22-16-10-9-15(12-17(16)21-2)18(20)19-23-13-14-7-5-4-6-8-14/h3-10,12H,1,11,13H2,2H3,(H,19,20). The molecule has 0 radical (unpaired) electrons. The SMILES string of the molecule is C=CCOc1ccc(C(=O)NOCc2ccccc2)cc1OC. The molecular weight excluding hydrogens is 294 g/mol. The van der Waals surface area contributed by atoms with Gasteiger partial charge in [0.05, 0.1) is 13.7 Å². The Balaban J connectivity index is 1.94. The van der Waals surface area contributed by atoms with Gasteiger partial charge in [-0.3, -0.25) is 9.63 Å². The minimum absolute atomic E-state index is 0.296. The highest BCUT2D eigenvalue weighted by atomic mass is 16.6. The van der Waals surface area contributed by atoms with E-state index in [2.05, 4.69) is 12.1 Å². The van der Waals surface area contributed by atoms with E-state index in [9.17, 15) is 4.79 Å². The van der Waals surface area contributed by atoms with Crippen LogP contribution in [0.2, 0.25) is 0 Å². The minimum atomic E-state index is -0.352. The minimum Gasteiger partial charge on any atom is -0.493 e. The van der Waals surface area contributed by atoms with Gasteiger partial charge in [0.15, 0.2) is 11.5 Å². The van der Waals surface area contributed by atoms with Gasteiger partial charge in [-0.05, 0) is 23.8 Å². The Hall–Kier alpha value is -2.79. The van der Waals surface area contributed by atoms with Gasteiger partial charge < -0.3 is 9.47 Å². The van der Waals surface area contributed by atoms with E-state index in [1.54, 1.807) is 24.3 Å². The predicted octanol–water partition coefficient (Wildman–Crippen LogP) is 3.12. The molecule has 5 nitrogen and oxygen atoms in total. The highest BCUT2D eigenvalue weighted by molar-refractivity contribution is 5.94. The second-order valence-corrected chi connectivity index (χ2v) is 4.67. The average molecular weight is 313 g/mol. The number of nitrogens with one attached hydrogen (secondary N) is 1. The van der Waals surface area contributed by atoms with Gasteiger partial charge in [0.1, 0.15) is 6.61 Å². The van der Waals surface area contributed by atoms with Crippen LogP contribution in [0, 0.1) is 0 Å². The monoisotopic (exact) mass is 313 g/mol. The molecule has 0 atom stereocenters. The van der Waals surface area contributed by atoms with Gasteiger partial charge in [-0.15, -0.1) is 0 Å². The fourth-order valence-electron chi connectivity index (χ4n) is 1.89. The van der Waals surface area contributed by atoms with Gasteiger partial charge in [-0.2, -0.15) is 0 Å². The Bertz CT molecular complexity index is 655. The van der Waals surface area contributed by atoms with Crippen LogP contribution in [-0.4, -0.2) is 19.6 Å². The Morgan fingerprint density at radius 3 is 2.65 bits per heavy atom. The van der Waals surface area contributed by atoms with Crippen LogP contribution in [0.4, 0.5) is 0 Å². The Labute approximate surface area is 135 Å². The summed E-state index contributed by atoms with van der Waals surface area (Å²) in [6.45, 7) is 4.25. The largest absolute Gasteiger partial charge is 0.493 e. The van der Waals surface area contributed by atoms with Gasteiger partial charge >= 0.3 is 0 Å². The summed E-state index contributed by atoms with van der Waals surface area (Å²) in [4.78, 5) is 17.3. The number of hydroxylamine groups is 1. The molecule has 1 amide bonds. The molecule has 2 rings (SSSR count). The smallest absolute Gasteiger partial charge is 0.274 e. The molecule has 2 aromatic rings. The molecule has 0 saturated heterocycles. The lowest BCUT2D eigenvalue weighted by atomic mass is 10.2. The van der Waals surface area contributed by atoms with E-state index >= 15 is 0 Å². The van der Waals surface area contributed by atoms with Crippen molar-refractivity contribution in [2.75, 3.05) is 13.7 Å². The number of amides is 1. The molecule has 0 aliphatic rings. The lowest BCUT2D eigenvalue weighted by molar-refractivity contribution is 0.0233. The van der Waals surface area contributed by atoms with Crippen molar-refractivity contribution in [1.82, 2.24) is 5.48 Å². The van der Waals surface area contributed by atoms with Crippen molar-refractivity contribution in [2.24, 2.45) is 0 Å². The number of methoxy groups -OCH3 is 1. The maximum absolute atomic E-state index is 12.1. The molecule has 0 aliphatic heterocycles. The number of rotatable bonds is 8. The zero-order chi connectivity index (χ0) is 16.5. The van der Waals surface area contributed by atoms with Crippen LogP contribution in [0.5, 0.6) is 11.5 Å². The summed E-state index contributed by atoms with van der Waals surface area (Å²) in [6.07, 6.45) is 1.64. The Morgan fingerprint density at radius 1 is 1.17 bits per heavy atom. The van der Waals surface area contributed by atoms with Crippen molar-refractivity contribution in [1.29, 1.82) is 0 Å². The van der Waals surface area contributed by atoms with Crippen LogP contribution >= 0.6 is 0 Å². The molecule has 0 bridgehead atoms. The maximum atomic E-state index is 12.1. The summed E-state index contributed by atoms with van der Waals surface area (Å²) in [5.41, 5.74) is 3.80. The predicted molar refractivity (Wildman–Crippen MR) is 87.4 cm³/mol. The lowest BCUT2D eigenvalue weighted by Crippen LogP contribution is -2.23. The molecule has 0 aromatic heterocycles. The van der Waals surface area contributed by atoms with E-state index in [1.807, 2.05) is 30.3 Å². The number of hydrogen-bond acceptors (Lipinski definition) is 4. The number of ether oxygens (including phenoxy) is 2. The quantitative estimate of drug-likeness (QED) is 0.601. The van der Waals surface area contributed by atoms with Gasteiger partial charge in [0.2, 0.25) is 0 Å². The number of hydrogen-bond donors (Lipinski definition) is 1. The van der Waals surface area contributed by atoms with Crippen molar-refractivity contribution in [3.05, 3.63) is 72.3 Å². The first kappa shape index (κ1) is 16.6. The second kappa shape index (κ2) is 8.60. The average Bonchev–Trinajstić information content (AvgIpc) is 2.60. The molecule has 0 saturated carbocycles. The van der Waals surface area contributed by atoms with Crippen molar-refractivity contribution in [3.8, 4) is 11.5 Å². The van der Waals surface area contributed by atoms with Crippen molar-refractivity contribution >= 4 is 5.91 Å². The fourth-order valence-corrected chi connectivity index (χ4v) is 1.89. The zero-order valence-electron chi connectivity index (χ0n) is 13.0. The molecule has 5 heteroatoms. The topological polar surface area (TPSA) is 56.8 Å². The molecule has 23 heavy (non-hydrogen) atoms. The first-order valence-corrected chi connectivity index (χ1v) is 7.12. The van der Waals surface area contributed by atoms with Crippen LogP contribution in [0.25, 0.3) is 0 Å². The Morgan fingerprint density at radius 2 is 1.96 bits per heavy atom. The zero-order valence-corrected chi connectivity index (χ0v) is 13.0. The molecule has 0 unspecified atom stereocenters. The van der Waals surface area contributed by atoms with Crippen molar-refractivity contribution in [3.63, 3.8) is 0 Å². The highest BCUT2D eigenvalue weighted by Crippen LogP contribution is 2.28. The van der Waals surface area contributed by atoms with Crippen LogP contribution in [-0.2, 0) is 11.4 Å². The molecule has 120 valence electrons. The highest BCUT2D eigenvalue weighted by Gasteiger charge is 2.11. The summed E-state index contributed by atoms with van der Waals surface area (Å²) in [6, 6.07) is 14.5. The van der Waals surface area contributed by atoms with Crippen molar-refractivity contribution < 1.29 is 19.1 Å². The normalized spacial score (nSPS) is 9.96. The summed E-state index contributed by atoms with van der Waals surface area (Å²) >= 11 is 0. The van der Waals surface area contributed by atoms with Gasteiger partial charge in [-0.1, -0.05) is 43.0 Å². The third-order valence-corrected chi connectivity index (χ3v) is 3.03. The molecule has 1 N–H and O–H groups in total. The number of carbonyl (C=O) groups is 1. The Kier molecular flexibility index (Phi) is 6.20. The van der Waals surface area contributed by atoms with Gasteiger partial charge in [0.25, 0.3) is 5.91 Å². The summed E-state index contributed by atoms with van der Waals surface area (Å²) < 4.78 is 10.7. The summed E-state index contributed by atoms with van der Waals surface area (Å²) in [5.74, 6) is 0.672. The van der Waals surface area contributed by atoms with Crippen LogP contribution in [0.15, 0.2) is 61.2 Å². The molecule has 0 spiro atoms. The lowest BCUT2D eigenvalue weighted by Gasteiger charge is -2.11. The second-order valence-electron chi connectivity index (χ2n) is 4.67. The van der Waals surface area contributed by atoms with E-state index in [0.717, 1.165) is 5.56 Å². The third-order valence-electron chi connectivity index (χ3n) is 3.03. The van der Waals surface area contributed by atoms with Crippen LogP contribution in [0.1, 0.15) is 15.9 Å². The van der Waals surface area contributed by atoms with E-state index < -0.39 is 0 Å². The fraction of sp³-hybridized carbons (Fsp3) is 0.167. The van der Waals surface area contributed by atoms with Gasteiger partial charge in [-0.25, -0.2) is 5.48 Å². The summed E-state index contributed by atoms with van der Waals surface area (Å²) in [7, 11) is 1.52. The molecule has 0 fully saturated rings. The first-order chi connectivity index (χ1) is 11.2. The first-order valence-electron chi connectivity index (χ1n) is 7.12. The van der Waals surface area contributed by atoms with Crippen LogP contribution in [0.3, 0.4) is 0 Å². The van der Waals surface area contributed by atoms with E-state index in [4.69, 9.17) is 14.3 Å². The molecule has 0 aliphatic carbocycles. The van der Waals surface area contributed by atoms with E-state index in [0.29, 0.717) is 30.3 Å². The van der Waals surface area contributed by atoms with Gasteiger partial charge in [0, 0.05) is 5.56 Å².